The van der Waals surface area contributed by atoms with Gasteiger partial charge in [0.1, 0.15) is 6.61 Å². The summed E-state index contributed by atoms with van der Waals surface area (Å²) in [6.45, 7) is 0.678. The molecular formula is C28H25N5O2. The van der Waals surface area contributed by atoms with Crippen LogP contribution in [0.5, 0.6) is 5.88 Å². The van der Waals surface area contributed by atoms with Gasteiger partial charge in [-0.25, -0.2) is 0 Å². The number of ether oxygens (including phenoxy) is 1. The van der Waals surface area contributed by atoms with E-state index in [0.717, 1.165) is 16.7 Å². The lowest BCUT2D eigenvalue weighted by molar-refractivity contribution is -0.121. The molecule has 0 saturated carbocycles. The third-order valence-corrected chi connectivity index (χ3v) is 5.74. The highest BCUT2D eigenvalue weighted by molar-refractivity contribution is 5.77. The lowest BCUT2D eigenvalue weighted by atomic mass is 9.88. The zero-order valence-corrected chi connectivity index (χ0v) is 19.1. The summed E-state index contributed by atoms with van der Waals surface area (Å²) in [4.78, 5) is 12.8. The molecule has 7 heteroatoms. The van der Waals surface area contributed by atoms with Gasteiger partial charge in [-0.05, 0) is 17.2 Å². The molecule has 0 spiro atoms. The van der Waals surface area contributed by atoms with Crippen molar-refractivity contribution < 1.29 is 9.53 Å². The molecule has 5 aromatic rings. The van der Waals surface area contributed by atoms with Gasteiger partial charge in [0, 0.05) is 24.0 Å². The summed E-state index contributed by atoms with van der Waals surface area (Å²) in [6.07, 6.45) is 0.360. The highest BCUT2D eigenvalue weighted by Crippen LogP contribution is 2.27. The monoisotopic (exact) mass is 463 g/mol. The topological polar surface area (TPSA) is 81.4 Å². The molecule has 0 atom stereocenters. The van der Waals surface area contributed by atoms with Crippen LogP contribution in [0.25, 0.3) is 17.0 Å². The number of nitrogens with zero attached hydrogens (tertiary/aromatic N) is 4. The fraction of sp³-hybridized carbons (Fsp3) is 0.143. The average Bonchev–Trinajstić information content (AvgIpc) is 3.35. The minimum absolute atomic E-state index is 0.00691. The molecule has 0 saturated heterocycles. The van der Waals surface area contributed by atoms with Crippen molar-refractivity contribution in [2.24, 2.45) is 0 Å². The second kappa shape index (κ2) is 10.6. The van der Waals surface area contributed by atoms with Gasteiger partial charge in [-0.2, -0.15) is 4.52 Å². The SMILES string of the molecule is O=C(CC(c1ccccc1)c1ccccc1)NCCOc1ccc2nnc(-c3ccccc3)n2n1. The van der Waals surface area contributed by atoms with Gasteiger partial charge in [-0.15, -0.1) is 15.3 Å². The molecule has 174 valence electrons. The summed E-state index contributed by atoms with van der Waals surface area (Å²) in [7, 11) is 0. The van der Waals surface area contributed by atoms with Gasteiger partial charge in [0.25, 0.3) is 0 Å². The molecule has 3 aromatic carbocycles. The van der Waals surface area contributed by atoms with E-state index in [-0.39, 0.29) is 11.8 Å². The smallest absolute Gasteiger partial charge is 0.231 e. The average molecular weight is 464 g/mol. The minimum Gasteiger partial charge on any atom is -0.475 e. The first-order valence-corrected chi connectivity index (χ1v) is 11.6. The molecule has 7 nitrogen and oxygen atoms in total. The molecule has 0 radical (unpaired) electrons. The number of nitrogens with one attached hydrogen (secondary N) is 1. The number of fused-ring (bicyclic) bond motifs is 1. The molecule has 2 aromatic heterocycles. The van der Waals surface area contributed by atoms with Crippen LogP contribution in [0, 0.1) is 0 Å². The Balaban J connectivity index is 1.19. The van der Waals surface area contributed by atoms with E-state index >= 15 is 0 Å². The second-order valence-electron chi connectivity index (χ2n) is 8.11. The maximum Gasteiger partial charge on any atom is 0.231 e. The number of aromatic nitrogens is 4. The first-order valence-electron chi connectivity index (χ1n) is 11.6. The van der Waals surface area contributed by atoms with Crippen LogP contribution in [-0.4, -0.2) is 38.9 Å². The molecule has 35 heavy (non-hydrogen) atoms. The van der Waals surface area contributed by atoms with Crippen LogP contribution in [0.15, 0.2) is 103 Å². The van der Waals surface area contributed by atoms with E-state index in [9.17, 15) is 4.79 Å². The van der Waals surface area contributed by atoms with E-state index in [1.807, 2.05) is 72.8 Å². The lowest BCUT2D eigenvalue weighted by Gasteiger charge is -2.18. The van der Waals surface area contributed by atoms with Crippen molar-refractivity contribution in [1.82, 2.24) is 25.1 Å². The lowest BCUT2D eigenvalue weighted by Crippen LogP contribution is -2.29. The largest absolute Gasteiger partial charge is 0.475 e. The van der Waals surface area contributed by atoms with Crippen LogP contribution in [0.2, 0.25) is 0 Å². The predicted molar refractivity (Wildman–Crippen MR) is 134 cm³/mol. The number of carbonyl (C=O) groups is 1. The summed E-state index contributed by atoms with van der Waals surface area (Å²) >= 11 is 0. The summed E-state index contributed by atoms with van der Waals surface area (Å²) in [5.41, 5.74) is 3.79. The Morgan fingerprint density at radius 2 is 1.43 bits per heavy atom. The fourth-order valence-corrected chi connectivity index (χ4v) is 4.02. The van der Waals surface area contributed by atoms with Crippen molar-refractivity contribution in [2.75, 3.05) is 13.2 Å². The maximum absolute atomic E-state index is 12.8. The zero-order chi connectivity index (χ0) is 23.9. The van der Waals surface area contributed by atoms with Crippen LogP contribution in [-0.2, 0) is 4.79 Å². The Kier molecular flexibility index (Phi) is 6.75. The normalized spacial score (nSPS) is 11.0. The molecule has 0 fully saturated rings. The van der Waals surface area contributed by atoms with Crippen molar-refractivity contribution in [3.05, 3.63) is 114 Å². The maximum atomic E-state index is 12.8. The Morgan fingerprint density at radius 1 is 0.800 bits per heavy atom. The van der Waals surface area contributed by atoms with Gasteiger partial charge in [0.15, 0.2) is 11.5 Å². The van der Waals surface area contributed by atoms with Crippen molar-refractivity contribution in [3.63, 3.8) is 0 Å². The Labute approximate surface area is 203 Å². The summed E-state index contributed by atoms with van der Waals surface area (Å²) in [5.74, 6) is 1.05. The van der Waals surface area contributed by atoms with E-state index < -0.39 is 0 Å². The third-order valence-electron chi connectivity index (χ3n) is 5.74. The molecule has 0 aliphatic rings. The standard InChI is InChI=1S/C28H25N5O2/c34-26(20-24(21-10-4-1-5-11-21)22-12-6-2-7-13-22)29-18-19-35-27-17-16-25-30-31-28(33(25)32-27)23-14-8-3-9-15-23/h1-17,24H,18-20H2,(H,29,34). The molecule has 1 amide bonds. The Bertz CT molecular complexity index is 1350. The van der Waals surface area contributed by atoms with Gasteiger partial charge < -0.3 is 10.1 Å². The number of carbonyl (C=O) groups excluding carboxylic acids is 1. The van der Waals surface area contributed by atoms with Crippen molar-refractivity contribution in [3.8, 4) is 17.3 Å². The summed E-state index contributed by atoms with van der Waals surface area (Å²) in [5, 5.41) is 15.9. The summed E-state index contributed by atoms with van der Waals surface area (Å²) in [6, 6.07) is 33.5. The van der Waals surface area contributed by atoms with Gasteiger partial charge in [0.2, 0.25) is 11.8 Å². The highest BCUT2D eigenvalue weighted by atomic mass is 16.5. The third kappa shape index (κ3) is 5.35. The molecule has 5 rings (SSSR count). The number of benzene rings is 3. The van der Waals surface area contributed by atoms with Crippen molar-refractivity contribution >= 4 is 11.6 Å². The van der Waals surface area contributed by atoms with E-state index in [2.05, 4.69) is 44.9 Å². The van der Waals surface area contributed by atoms with Crippen molar-refractivity contribution in [2.45, 2.75) is 12.3 Å². The van der Waals surface area contributed by atoms with Gasteiger partial charge >= 0.3 is 0 Å². The van der Waals surface area contributed by atoms with E-state index in [4.69, 9.17) is 4.74 Å². The first kappa shape index (κ1) is 22.3. The molecule has 0 aliphatic heterocycles. The summed E-state index contributed by atoms with van der Waals surface area (Å²) < 4.78 is 7.46. The molecule has 2 heterocycles. The predicted octanol–water partition coefficient (Wildman–Crippen LogP) is 4.51. The van der Waals surface area contributed by atoms with E-state index in [1.54, 1.807) is 10.6 Å². The number of hydrogen-bond acceptors (Lipinski definition) is 5. The van der Waals surface area contributed by atoms with Gasteiger partial charge in [0.05, 0.1) is 6.54 Å². The van der Waals surface area contributed by atoms with Crippen LogP contribution < -0.4 is 10.1 Å². The molecule has 1 N–H and O–H groups in total. The number of rotatable bonds is 9. The van der Waals surface area contributed by atoms with E-state index in [0.29, 0.717) is 36.9 Å². The van der Waals surface area contributed by atoms with Crippen LogP contribution in [0.1, 0.15) is 23.5 Å². The second-order valence-corrected chi connectivity index (χ2v) is 8.11. The van der Waals surface area contributed by atoms with Crippen molar-refractivity contribution in [1.29, 1.82) is 0 Å². The van der Waals surface area contributed by atoms with E-state index in [1.165, 1.54) is 0 Å². The Morgan fingerprint density at radius 3 is 2.09 bits per heavy atom. The van der Waals surface area contributed by atoms with Gasteiger partial charge in [-0.3, -0.25) is 4.79 Å². The Hall–Kier alpha value is -4.52. The molecule has 0 aliphatic carbocycles. The first-order chi connectivity index (χ1) is 17.3. The number of amides is 1. The molecule has 0 bridgehead atoms. The molecule has 0 unspecified atom stereocenters. The van der Waals surface area contributed by atoms with Crippen LogP contribution in [0.4, 0.5) is 0 Å². The number of hydrogen-bond donors (Lipinski definition) is 1. The minimum atomic E-state index is -0.0279. The fourth-order valence-electron chi connectivity index (χ4n) is 4.02. The highest BCUT2D eigenvalue weighted by Gasteiger charge is 2.18. The quantitative estimate of drug-likeness (QED) is 0.325. The van der Waals surface area contributed by atoms with Crippen LogP contribution in [0.3, 0.4) is 0 Å². The van der Waals surface area contributed by atoms with Crippen LogP contribution >= 0.6 is 0 Å². The van der Waals surface area contributed by atoms with Gasteiger partial charge in [-0.1, -0.05) is 91.0 Å². The zero-order valence-electron chi connectivity index (χ0n) is 19.1. The molecular weight excluding hydrogens is 438 g/mol.